The van der Waals surface area contributed by atoms with E-state index in [0.717, 1.165) is 22.7 Å². The zero-order valence-electron chi connectivity index (χ0n) is 20.5. The third-order valence-electron chi connectivity index (χ3n) is 5.74. The Kier molecular flexibility index (Phi) is 5.19. The molecule has 1 N–H and O–H groups in total. The molecule has 0 aliphatic carbocycles. The Bertz CT molecular complexity index is 1570. The molecule has 35 heavy (non-hydrogen) atoms. The lowest BCUT2D eigenvalue weighted by Gasteiger charge is -2.13. The second-order valence-corrected chi connectivity index (χ2v) is 9.52. The van der Waals surface area contributed by atoms with Gasteiger partial charge in [0.1, 0.15) is 11.5 Å². The zero-order chi connectivity index (χ0) is 24.9. The highest BCUT2D eigenvalue weighted by Crippen LogP contribution is 2.24. The number of nitrogens with zero attached hydrogens (tertiary/aromatic N) is 9. The minimum atomic E-state index is -0.285. The third-order valence-corrected chi connectivity index (χ3v) is 5.74. The highest BCUT2D eigenvalue weighted by Gasteiger charge is 2.21. The number of pyridine rings is 1. The van der Waals surface area contributed by atoms with Crippen molar-refractivity contribution in [1.82, 2.24) is 44.1 Å². The van der Waals surface area contributed by atoms with Gasteiger partial charge >= 0.3 is 0 Å². The number of carbonyl (C=O) groups is 1. The van der Waals surface area contributed by atoms with Gasteiger partial charge in [-0.25, -0.2) is 9.67 Å². The molecule has 5 rings (SSSR count). The van der Waals surface area contributed by atoms with Crippen molar-refractivity contribution in [3.8, 4) is 17.1 Å². The molecule has 0 spiro atoms. The van der Waals surface area contributed by atoms with Crippen molar-refractivity contribution in [3.05, 3.63) is 65.8 Å². The number of aryl methyl sites for hydroxylation is 3. The number of aromatic nitrogens is 9. The van der Waals surface area contributed by atoms with Gasteiger partial charge in [-0.05, 0) is 19.9 Å². The van der Waals surface area contributed by atoms with Gasteiger partial charge in [-0.15, -0.1) is 5.10 Å². The van der Waals surface area contributed by atoms with Gasteiger partial charge in [-0.3, -0.25) is 23.8 Å². The zero-order valence-corrected chi connectivity index (χ0v) is 20.5. The van der Waals surface area contributed by atoms with Gasteiger partial charge in [0.2, 0.25) is 0 Å². The summed E-state index contributed by atoms with van der Waals surface area (Å²) in [6, 6.07) is 3.64. The molecule has 178 valence electrons. The van der Waals surface area contributed by atoms with Crippen LogP contribution < -0.4 is 5.32 Å². The summed E-state index contributed by atoms with van der Waals surface area (Å²) in [5.74, 6) is 0.329. The Balaban J connectivity index is 1.44. The minimum Gasteiger partial charge on any atom is -0.307 e. The fraction of sp³-hybridized carbons (Fsp3) is 0.292. The van der Waals surface area contributed by atoms with E-state index in [4.69, 9.17) is 0 Å². The number of imidazole rings is 1. The fourth-order valence-corrected chi connectivity index (χ4v) is 3.69. The van der Waals surface area contributed by atoms with E-state index in [1.54, 1.807) is 47.3 Å². The Morgan fingerprint density at radius 1 is 1.00 bits per heavy atom. The van der Waals surface area contributed by atoms with Crippen LogP contribution in [-0.2, 0) is 12.5 Å². The molecule has 0 fully saturated rings. The summed E-state index contributed by atoms with van der Waals surface area (Å²) in [6.45, 7) is 10.0. The molecule has 0 radical (unpaired) electrons. The molecule has 1 amide bonds. The van der Waals surface area contributed by atoms with Crippen LogP contribution in [0.4, 0.5) is 5.82 Å². The van der Waals surface area contributed by atoms with E-state index < -0.39 is 0 Å². The number of hydrogen-bond donors (Lipinski definition) is 1. The minimum absolute atomic E-state index is 0.125. The summed E-state index contributed by atoms with van der Waals surface area (Å²) in [5.41, 5.74) is 5.57. The molecule has 0 atom stereocenters. The molecule has 0 aliphatic heterocycles. The predicted molar refractivity (Wildman–Crippen MR) is 130 cm³/mol. The molecule has 0 bridgehead atoms. The van der Waals surface area contributed by atoms with Crippen LogP contribution in [0.5, 0.6) is 0 Å². The van der Waals surface area contributed by atoms with Crippen molar-refractivity contribution in [2.45, 2.75) is 40.0 Å². The van der Waals surface area contributed by atoms with Crippen LogP contribution in [0, 0.1) is 13.8 Å². The van der Waals surface area contributed by atoms with E-state index >= 15 is 0 Å². The second kappa shape index (κ2) is 8.12. The van der Waals surface area contributed by atoms with Crippen LogP contribution in [0.3, 0.4) is 0 Å². The van der Waals surface area contributed by atoms with E-state index in [-0.39, 0.29) is 11.3 Å². The average Bonchev–Trinajstić information content (AvgIpc) is 3.52. The molecular weight excluding hydrogens is 444 g/mol. The first-order valence-electron chi connectivity index (χ1n) is 11.2. The lowest BCUT2D eigenvalue weighted by Crippen LogP contribution is -2.16. The smallest absolute Gasteiger partial charge is 0.258 e. The van der Waals surface area contributed by atoms with E-state index in [1.165, 1.54) is 0 Å². The lowest BCUT2D eigenvalue weighted by atomic mass is 9.92. The standard InChI is InChI=1S/C24H26N10O/c1-14-12-33-19(10-27-22(33)11-25-14)17-13-34(31-29-17)18-7-16(9-26-15(18)2)23(35)28-21-8-20(24(3,4)5)30-32(21)6/h7-13H,1-6H3,(H,28,35). The molecule has 5 heterocycles. The number of anilines is 1. The van der Waals surface area contributed by atoms with Crippen molar-refractivity contribution >= 4 is 17.4 Å². The fourth-order valence-electron chi connectivity index (χ4n) is 3.69. The summed E-state index contributed by atoms with van der Waals surface area (Å²) < 4.78 is 5.20. The maximum absolute atomic E-state index is 13.0. The Labute approximate surface area is 201 Å². The van der Waals surface area contributed by atoms with Crippen LogP contribution in [0.25, 0.3) is 22.7 Å². The summed E-state index contributed by atoms with van der Waals surface area (Å²) in [7, 11) is 1.80. The topological polar surface area (TPSA) is 121 Å². The number of fused-ring (bicyclic) bond motifs is 1. The summed E-state index contributed by atoms with van der Waals surface area (Å²) >= 11 is 0. The van der Waals surface area contributed by atoms with Gasteiger partial charge in [0.25, 0.3) is 5.91 Å². The van der Waals surface area contributed by atoms with Gasteiger partial charge in [-0.2, -0.15) is 5.10 Å². The van der Waals surface area contributed by atoms with E-state index in [2.05, 4.69) is 56.5 Å². The SMILES string of the molecule is Cc1cn2c(-c3cn(-c4cc(C(=O)Nc5cc(C(C)(C)C)nn5C)cnc4C)nn3)cnc2cn1. The van der Waals surface area contributed by atoms with Crippen LogP contribution in [0.1, 0.15) is 48.2 Å². The van der Waals surface area contributed by atoms with Gasteiger partial charge < -0.3 is 5.32 Å². The number of nitrogens with one attached hydrogen (secondary N) is 1. The van der Waals surface area contributed by atoms with E-state index in [0.29, 0.717) is 28.5 Å². The molecule has 0 saturated heterocycles. The monoisotopic (exact) mass is 470 g/mol. The number of amides is 1. The molecule has 11 nitrogen and oxygen atoms in total. The summed E-state index contributed by atoms with van der Waals surface area (Å²) in [4.78, 5) is 26.1. The average molecular weight is 471 g/mol. The van der Waals surface area contributed by atoms with Crippen molar-refractivity contribution in [2.24, 2.45) is 7.05 Å². The Hall–Kier alpha value is -4.41. The molecular formula is C24H26N10O. The molecule has 11 heteroatoms. The molecule has 0 unspecified atom stereocenters. The predicted octanol–water partition coefficient (Wildman–Crippen LogP) is 3.27. The second-order valence-electron chi connectivity index (χ2n) is 9.52. The highest BCUT2D eigenvalue weighted by atomic mass is 16.1. The molecule has 0 aromatic carbocycles. The maximum atomic E-state index is 13.0. The number of rotatable bonds is 4. The van der Waals surface area contributed by atoms with Crippen molar-refractivity contribution in [1.29, 1.82) is 0 Å². The maximum Gasteiger partial charge on any atom is 0.258 e. The quantitative estimate of drug-likeness (QED) is 0.428. The van der Waals surface area contributed by atoms with Crippen LogP contribution in [0.2, 0.25) is 0 Å². The molecule has 5 aromatic rings. The lowest BCUT2D eigenvalue weighted by molar-refractivity contribution is 0.102. The highest BCUT2D eigenvalue weighted by molar-refractivity contribution is 6.04. The third kappa shape index (κ3) is 4.16. The first-order chi connectivity index (χ1) is 16.6. The van der Waals surface area contributed by atoms with Gasteiger partial charge in [0, 0.05) is 30.9 Å². The van der Waals surface area contributed by atoms with E-state index in [1.807, 2.05) is 30.5 Å². The Morgan fingerprint density at radius 2 is 1.80 bits per heavy atom. The van der Waals surface area contributed by atoms with Crippen LogP contribution in [0.15, 0.2) is 43.1 Å². The summed E-state index contributed by atoms with van der Waals surface area (Å²) in [6.07, 6.45) is 8.69. The first kappa shape index (κ1) is 22.4. The van der Waals surface area contributed by atoms with Gasteiger partial charge in [0.15, 0.2) is 5.65 Å². The summed E-state index contributed by atoms with van der Waals surface area (Å²) in [5, 5.41) is 16.1. The Morgan fingerprint density at radius 3 is 2.54 bits per heavy atom. The van der Waals surface area contributed by atoms with Crippen LogP contribution in [-0.4, -0.2) is 50.0 Å². The van der Waals surface area contributed by atoms with Crippen molar-refractivity contribution in [3.63, 3.8) is 0 Å². The van der Waals surface area contributed by atoms with Crippen LogP contribution >= 0.6 is 0 Å². The molecule has 5 aromatic heterocycles. The number of hydrogen-bond acceptors (Lipinski definition) is 7. The number of carbonyl (C=O) groups excluding carboxylic acids is 1. The first-order valence-corrected chi connectivity index (χ1v) is 11.2. The van der Waals surface area contributed by atoms with E-state index in [9.17, 15) is 4.79 Å². The van der Waals surface area contributed by atoms with Gasteiger partial charge in [0.05, 0.1) is 52.6 Å². The normalized spacial score (nSPS) is 11.8. The van der Waals surface area contributed by atoms with Crippen molar-refractivity contribution < 1.29 is 4.79 Å². The molecule has 0 aliphatic rings. The van der Waals surface area contributed by atoms with Gasteiger partial charge in [-0.1, -0.05) is 26.0 Å². The molecule has 0 saturated carbocycles. The largest absolute Gasteiger partial charge is 0.307 e. The van der Waals surface area contributed by atoms with Crippen molar-refractivity contribution in [2.75, 3.05) is 5.32 Å².